The minimum atomic E-state index is -0.107. The lowest BCUT2D eigenvalue weighted by molar-refractivity contribution is 0.564. The zero-order chi connectivity index (χ0) is 15.8. The van der Waals surface area contributed by atoms with Gasteiger partial charge in [-0.2, -0.15) is 0 Å². The fourth-order valence-corrected chi connectivity index (χ4v) is 2.90. The molecule has 0 radical (unpaired) electrons. The van der Waals surface area contributed by atoms with Gasteiger partial charge in [0.05, 0.1) is 10.2 Å². The summed E-state index contributed by atoms with van der Waals surface area (Å²) in [5.74, 6) is 0.651. The van der Waals surface area contributed by atoms with Crippen molar-refractivity contribution >= 4 is 33.2 Å². The third-order valence-electron chi connectivity index (χ3n) is 3.16. The molecule has 2 aromatic rings. The Morgan fingerprint density at radius 3 is 2.10 bits per heavy atom. The van der Waals surface area contributed by atoms with E-state index < -0.39 is 0 Å². The molecule has 0 spiro atoms. The molecule has 0 aliphatic rings. The van der Waals surface area contributed by atoms with E-state index in [-0.39, 0.29) is 5.41 Å². The van der Waals surface area contributed by atoms with Gasteiger partial charge in [0.1, 0.15) is 5.15 Å². The SMILES string of the molecule is CN(C)c1ccc(-c2nc(Cl)c(Br)c(C(C)(C)C)n2)cc1. The molecule has 112 valence electrons. The number of aromatic nitrogens is 2. The third-order valence-corrected chi connectivity index (χ3v) is 4.42. The lowest BCUT2D eigenvalue weighted by Crippen LogP contribution is -2.16. The highest BCUT2D eigenvalue weighted by atomic mass is 79.9. The van der Waals surface area contributed by atoms with Crippen molar-refractivity contribution in [2.24, 2.45) is 0 Å². The van der Waals surface area contributed by atoms with Crippen LogP contribution in [0.2, 0.25) is 5.15 Å². The van der Waals surface area contributed by atoms with Gasteiger partial charge < -0.3 is 4.90 Å². The zero-order valence-electron chi connectivity index (χ0n) is 12.9. The largest absolute Gasteiger partial charge is 0.378 e. The zero-order valence-corrected chi connectivity index (χ0v) is 15.2. The minimum absolute atomic E-state index is 0.107. The Balaban J connectivity index is 2.52. The molecule has 0 aliphatic carbocycles. The molecule has 0 saturated carbocycles. The standard InChI is InChI=1S/C16H19BrClN3/c1-16(2,3)13-12(17)14(18)20-15(19-13)10-6-8-11(9-7-10)21(4)5/h6-9H,1-5H3. The van der Waals surface area contributed by atoms with Crippen LogP contribution in [0.4, 0.5) is 5.69 Å². The maximum Gasteiger partial charge on any atom is 0.161 e. The Labute approximate surface area is 139 Å². The van der Waals surface area contributed by atoms with Gasteiger partial charge in [0.15, 0.2) is 5.82 Å². The van der Waals surface area contributed by atoms with Crippen LogP contribution in [0.25, 0.3) is 11.4 Å². The van der Waals surface area contributed by atoms with Gasteiger partial charge in [0, 0.05) is 30.8 Å². The van der Waals surface area contributed by atoms with Gasteiger partial charge in [-0.05, 0) is 40.2 Å². The highest BCUT2D eigenvalue weighted by Gasteiger charge is 2.23. The molecule has 3 nitrogen and oxygen atoms in total. The number of hydrogen-bond donors (Lipinski definition) is 0. The molecule has 21 heavy (non-hydrogen) atoms. The van der Waals surface area contributed by atoms with E-state index in [0.29, 0.717) is 11.0 Å². The van der Waals surface area contributed by atoms with E-state index in [4.69, 9.17) is 16.6 Å². The van der Waals surface area contributed by atoms with E-state index >= 15 is 0 Å². The van der Waals surface area contributed by atoms with Crippen molar-refractivity contribution in [3.63, 3.8) is 0 Å². The van der Waals surface area contributed by atoms with Crippen LogP contribution in [0.3, 0.4) is 0 Å². The molecule has 0 fully saturated rings. The topological polar surface area (TPSA) is 29.0 Å². The first-order valence-electron chi connectivity index (χ1n) is 6.71. The van der Waals surface area contributed by atoms with Crippen LogP contribution in [0.5, 0.6) is 0 Å². The number of benzene rings is 1. The molecule has 0 atom stereocenters. The minimum Gasteiger partial charge on any atom is -0.378 e. The van der Waals surface area contributed by atoms with Crippen molar-refractivity contribution < 1.29 is 0 Å². The number of halogens is 2. The number of hydrogen-bond acceptors (Lipinski definition) is 3. The van der Waals surface area contributed by atoms with Gasteiger partial charge in [-0.25, -0.2) is 9.97 Å². The second kappa shape index (κ2) is 5.93. The van der Waals surface area contributed by atoms with Crippen molar-refractivity contribution in [1.29, 1.82) is 0 Å². The van der Waals surface area contributed by atoms with Crippen LogP contribution < -0.4 is 4.90 Å². The van der Waals surface area contributed by atoms with Crippen LogP contribution >= 0.6 is 27.5 Å². The lowest BCUT2D eigenvalue weighted by atomic mass is 9.92. The quantitative estimate of drug-likeness (QED) is 0.704. The van der Waals surface area contributed by atoms with Crippen molar-refractivity contribution in [2.45, 2.75) is 26.2 Å². The molecule has 0 bridgehead atoms. The molecular formula is C16H19BrClN3. The van der Waals surface area contributed by atoms with E-state index in [1.807, 2.05) is 38.4 Å². The fourth-order valence-electron chi connectivity index (χ4n) is 1.95. The van der Waals surface area contributed by atoms with Crippen LogP contribution in [0, 0.1) is 0 Å². The third kappa shape index (κ3) is 3.55. The molecule has 0 amide bonds. The molecule has 0 N–H and O–H groups in total. The van der Waals surface area contributed by atoms with Gasteiger partial charge >= 0.3 is 0 Å². The average Bonchev–Trinajstić information content (AvgIpc) is 2.40. The van der Waals surface area contributed by atoms with Gasteiger partial charge in [0.2, 0.25) is 0 Å². The van der Waals surface area contributed by atoms with Gasteiger partial charge in [-0.15, -0.1) is 0 Å². The Hall–Kier alpha value is -1.13. The number of anilines is 1. The van der Waals surface area contributed by atoms with Crippen molar-refractivity contribution in [1.82, 2.24) is 9.97 Å². The summed E-state index contributed by atoms with van der Waals surface area (Å²) in [6.45, 7) is 6.32. The van der Waals surface area contributed by atoms with E-state index in [2.05, 4.69) is 46.6 Å². The van der Waals surface area contributed by atoms with Gasteiger partial charge in [-0.3, -0.25) is 0 Å². The Kier molecular flexibility index (Phi) is 4.59. The Morgan fingerprint density at radius 2 is 1.62 bits per heavy atom. The average molecular weight is 369 g/mol. The van der Waals surface area contributed by atoms with Gasteiger partial charge in [0.25, 0.3) is 0 Å². The summed E-state index contributed by atoms with van der Waals surface area (Å²) in [7, 11) is 4.03. The summed E-state index contributed by atoms with van der Waals surface area (Å²) >= 11 is 9.74. The highest BCUT2D eigenvalue weighted by Crippen LogP contribution is 2.34. The Morgan fingerprint density at radius 1 is 1.05 bits per heavy atom. The molecule has 1 aromatic heterocycles. The van der Waals surface area contributed by atoms with Crippen molar-refractivity contribution in [3.05, 3.63) is 39.6 Å². The van der Waals surface area contributed by atoms with Crippen LogP contribution in [0.15, 0.2) is 28.7 Å². The summed E-state index contributed by atoms with van der Waals surface area (Å²) < 4.78 is 0.769. The summed E-state index contributed by atoms with van der Waals surface area (Å²) in [6, 6.07) is 8.12. The fraction of sp³-hybridized carbons (Fsp3) is 0.375. The molecule has 0 aliphatic heterocycles. The first kappa shape index (κ1) is 16.2. The maximum absolute atomic E-state index is 6.25. The summed E-state index contributed by atoms with van der Waals surface area (Å²) in [4.78, 5) is 11.1. The molecule has 2 rings (SSSR count). The molecule has 0 unspecified atom stereocenters. The smallest absolute Gasteiger partial charge is 0.161 e. The summed E-state index contributed by atoms with van der Waals surface area (Å²) in [6.07, 6.45) is 0. The molecule has 1 heterocycles. The maximum atomic E-state index is 6.25. The predicted octanol–water partition coefficient (Wildman–Crippen LogP) is 4.92. The van der Waals surface area contributed by atoms with E-state index in [1.54, 1.807) is 0 Å². The lowest BCUT2D eigenvalue weighted by Gasteiger charge is -2.20. The molecule has 1 aromatic carbocycles. The summed E-state index contributed by atoms with van der Waals surface area (Å²) in [5.41, 5.74) is 2.90. The number of nitrogens with zero attached hydrogens (tertiary/aromatic N) is 3. The van der Waals surface area contributed by atoms with Crippen molar-refractivity contribution in [3.8, 4) is 11.4 Å². The monoisotopic (exact) mass is 367 g/mol. The van der Waals surface area contributed by atoms with E-state index in [1.165, 1.54) is 0 Å². The van der Waals surface area contributed by atoms with Crippen molar-refractivity contribution in [2.75, 3.05) is 19.0 Å². The predicted molar refractivity (Wildman–Crippen MR) is 93.2 cm³/mol. The first-order valence-corrected chi connectivity index (χ1v) is 7.88. The van der Waals surface area contributed by atoms with E-state index in [0.717, 1.165) is 21.4 Å². The summed E-state index contributed by atoms with van der Waals surface area (Å²) in [5, 5.41) is 0.446. The molecule has 0 saturated heterocycles. The molecular weight excluding hydrogens is 350 g/mol. The second-order valence-electron chi connectivity index (χ2n) is 6.19. The van der Waals surface area contributed by atoms with Crippen LogP contribution in [-0.4, -0.2) is 24.1 Å². The second-order valence-corrected chi connectivity index (χ2v) is 7.34. The highest BCUT2D eigenvalue weighted by molar-refractivity contribution is 9.10. The normalized spacial score (nSPS) is 11.6. The van der Waals surface area contributed by atoms with E-state index in [9.17, 15) is 0 Å². The van der Waals surface area contributed by atoms with Crippen LogP contribution in [-0.2, 0) is 5.41 Å². The van der Waals surface area contributed by atoms with Crippen LogP contribution in [0.1, 0.15) is 26.5 Å². The Bertz CT molecular complexity index is 646. The first-order chi connectivity index (χ1) is 9.70. The number of rotatable bonds is 2. The molecule has 5 heteroatoms. The van der Waals surface area contributed by atoms with Gasteiger partial charge in [-0.1, -0.05) is 32.4 Å².